The highest BCUT2D eigenvalue weighted by Crippen LogP contribution is 2.41. The Morgan fingerprint density at radius 2 is 1.68 bits per heavy atom. The fraction of sp³-hybridized carbons (Fsp3) is 0.491. The lowest BCUT2D eigenvalue weighted by atomic mass is 9.91. The number of likely N-dealkylation sites (tertiary alicyclic amines) is 2. The fourth-order valence-electron chi connectivity index (χ4n) is 12.4. The number of nitrogens with zero attached hydrogens (tertiary/aromatic N) is 10. The summed E-state index contributed by atoms with van der Waals surface area (Å²) in [6, 6.07) is 21.5. The highest BCUT2D eigenvalue weighted by Gasteiger charge is 2.48. The van der Waals surface area contributed by atoms with Crippen LogP contribution in [0.4, 0.5) is 31.8 Å². The van der Waals surface area contributed by atoms with Crippen LogP contribution in [-0.4, -0.2) is 146 Å². The number of alkyl halides is 2. The maximum atomic E-state index is 16.0. The molecule has 0 spiro atoms. The number of β-amino-alcohol motifs (C(OH)–C–C–N with tert-alkyl or cyclic N) is 1. The Labute approximate surface area is 456 Å². The van der Waals surface area contributed by atoms with E-state index in [2.05, 4.69) is 45.3 Å². The number of amides is 2. The van der Waals surface area contributed by atoms with Gasteiger partial charge in [0, 0.05) is 100 Å². The average Bonchev–Trinajstić information content (AvgIpc) is 4.34. The summed E-state index contributed by atoms with van der Waals surface area (Å²) in [6.45, 7) is 11.0. The number of carbonyl (C=O) groups is 2. The van der Waals surface area contributed by atoms with E-state index in [1.807, 2.05) is 80.6 Å². The van der Waals surface area contributed by atoms with Crippen molar-refractivity contribution in [1.82, 2.24) is 40.4 Å². The first-order chi connectivity index (χ1) is 37.6. The number of hydrogen-bond donors (Lipinski definition) is 4. The summed E-state index contributed by atoms with van der Waals surface area (Å²) in [5.41, 5.74) is 13.9. The second-order valence-electron chi connectivity index (χ2n) is 22.2. The van der Waals surface area contributed by atoms with Gasteiger partial charge in [0.25, 0.3) is 5.92 Å². The van der Waals surface area contributed by atoms with Crippen LogP contribution in [0.5, 0.6) is 11.6 Å². The first kappa shape index (κ1) is 53.1. The summed E-state index contributed by atoms with van der Waals surface area (Å²) in [5.74, 6) is -2.86. The molecule has 5 fully saturated rings. The number of para-hydroxylation sites is 1. The number of rotatable bonds is 15. The maximum Gasteiger partial charge on any atom is 0.296 e. The number of pyridine rings is 1. The van der Waals surface area contributed by atoms with Crippen molar-refractivity contribution in [3.63, 3.8) is 0 Å². The average molecular weight is 1090 g/mol. The molecular weight excluding hydrogens is 1020 g/mol. The molecule has 7 atom stereocenters. The number of piperidine rings is 2. The molecule has 2 bridgehead atoms. The zero-order valence-corrected chi connectivity index (χ0v) is 45.2. The van der Waals surface area contributed by atoms with Gasteiger partial charge in [-0.3, -0.25) is 14.5 Å². The molecule has 5 aliphatic heterocycles. The lowest BCUT2D eigenvalue weighted by Gasteiger charge is -2.43. The van der Waals surface area contributed by atoms with Crippen molar-refractivity contribution in [1.29, 1.82) is 0 Å². The normalized spacial score (nSPS) is 23.5. The molecule has 0 radical (unpaired) electrons. The molecule has 11 rings (SSSR count). The third-order valence-electron chi connectivity index (χ3n) is 16.5. The number of anilines is 4. The monoisotopic (exact) mass is 1090 g/mol. The van der Waals surface area contributed by atoms with E-state index in [4.69, 9.17) is 15.0 Å². The van der Waals surface area contributed by atoms with Gasteiger partial charge in [-0.1, -0.05) is 55.4 Å². The second-order valence-corrected chi connectivity index (χ2v) is 23.1. The summed E-state index contributed by atoms with van der Waals surface area (Å²) in [6.07, 6.45) is 3.20. The Hall–Kier alpha value is -6.97. The van der Waals surface area contributed by atoms with E-state index in [0.29, 0.717) is 67.9 Å². The van der Waals surface area contributed by atoms with E-state index >= 15 is 8.78 Å². The number of nitrogen functional groups attached to an aromatic ring is 1. The van der Waals surface area contributed by atoms with Crippen LogP contribution in [-0.2, 0) is 9.59 Å². The van der Waals surface area contributed by atoms with Crippen molar-refractivity contribution in [2.24, 2.45) is 11.8 Å². The molecule has 18 nitrogen and oxygen atoms in total. The summed E-state index contributed by atoms with van der Waals surface area (Å²) in [5, 5.41) is 37.2. The topological polar surface area (TPSA) is 216 Å². The minimum atomic E-state index is -3.10. The number of ether oxygens (including phenoxy) is 1. The standard InChI is InChI=1S/C57H68F2N12O6S/c1-33(2)52(56(75)70-30-42(72)24-46(70)55(74)63-34(3)37-9-11-38(12-10-37)53-35(4)62-32-78-53)48-26-50(66-77-48)68-21-16-36(17-22-68)27-67-20-18-49(57(58,59)31-67)76-51-23-39(15-19-61-51)71-40-13-14-41(71)29-69(28-40)45-25-44(64-65-54(45)60)43-7-5-6-8-47(43)73/h5-12,15,19,23,25-26,32-34,36,40-42,46,49,52,72-73H,13-14,16-18,20-22,24,27-31H2,1-4H3,(H2,60,65)(H,63,74)/t34-,40?,41?,42+,46+,49+,52+/m0/s1. The fourth-order valence-corrected chi connectivity index (χ4v) is 13.3. The number of aryl methyl sites for hydroxylation is 1. The molecule has 0 saturated carbocycles. The van der Waals surface area contributed by atoms with E-state index in [1.165, 1.54) is 4.90 Å². The number of nitrogens with two attached hydrogens (primary N) is 1. The van der Waals surface area contributed by atoms with Gasteiger partial charge in [0.1, 0.15) is 17.7 Å². The number of benzene rings is 2. The van der Waals surface area contributed by atoms with Gasteiger partial charge in [-0.2, -0.15) is 0 Å². The molecule has 5 saturated heterocycles. The van der Waals surface area contributed by atoms with Gasteiger partial charge in [-0.15, -0.1) is 21.5 Å². The van der Waals surface area contributed by atoms with E-state index in [0.717, 1.165) is 58.8 Å². The van der Waals surface area contributed by atoms with Crippen LogP contribution in [0.1, 0.15) is 88.3 Å². The minimum absolute atomic E-state index is 0.0314. The van der Waals surface area contributed by atoms with E-state index in [9.17, 15) is 19.8 Å². The molecule has 2 aromatic carbocycles. The van der Waals surface area contributed by atoms with Gasteiger partial charge >= 0.3 is 0 Å². The molecule has 21 heteroatoms. The number of phenols is 1. The zero-order valence-electron chi connectivity index (χ0n) is 44.4. The molecular formula is C57H68F2N12O6S. The van der Waals surface area contributed by atoms with Crippen molar-refractivity contribution in [2.45, 2.75) is 114 Å². The quantitative estimate of drug-likeness (QED) is 0.0776. The molecule has 9 heterocycles. The van der Waals surface area contributed by atoms with Crippen LogP contribution in [0, 0.1) is 18.8 Å². The minimum Gasteiger partial charge on any atom is -0.507 e. The number of fused-ring (bicyclic) bond motifs is 2. The number of nitrogens with one attached hydrogen (secondary N) is 1. The number of phenolic OH excluding ortho intramolecular Hbond substituents is 1. The Morgan fingerprint density at radius 3 is 2.38 bits per heavy atom. The Balaban J connectivity index is 0.657. The first-order valence-corrected chi connectivity index (χ1v) is 28.1. The maximum absolute atomic E-state index is 16.0. The largest absolute Gasteiger partial charge is 0.507 e. The highest BCUT2D eigenvalue weighted by molar-refractivity contribution is 7.13. The number of thiazole rings is 1. The number of halogens is 2. The zero-order chi connectivity index (χ0) is 54.4. The van der Waals surface area contributed by atoms with Crippen molar-refractivity contribution >= 4 is 46.2 Å². The molecule has 78 heavy (non-hydrogen) atoms. The third-order valence-corrected chi connectivity index (χ3v) is 17.5. The number of carbonyl (C=O) groups excluding carboxylic acids is 2. The molecule has 5 aliphatic rings. The van der Waals surface area contributed by atoms with Gasteiger partial charge in [0.2, 0.25) is 17.7 Å². The van der Waals surface area contributed by atoms with Crippen molar-refractivity contribution in [2.75, 3.05) is 72.8 Å². The van der Waals surface area contributed by atoms with E-state index < -0.39 is 36.6 Å². The molecule has 4 aromatic heterocycles. The molecule has 2 unspecified atom stereocenters. The molecule has 6 aromatic rings. The predicted molar refractivity (Wildman–Crippen MR) is 294 cm³/mol. The summed E-state index contributed by atoms with van der Waals surface area (Å²) >= 11 is 1.58. The number of aliphatic hydroxyl groups excluding tert-OH is 1. The summed E-state index contributed by atoms with van der Waals surface area (Å²) in [4.78, 5) is 48.1. The van der Waals surface area contributed by atoms with Crippen LogP contribution in [0.2, 0.25) is 0 Å². The third kappa shape index (κ3) is 10.9. The number of aromatic nitrogens is 5. The van der Waals surface area contributed by atoms with Crippen molar-refractivity contribution in [3.8, 4) is 33.3 Å². The van der Waals surface area contributed by atoms with Crippen LogP contribution < -0.4 is 30.5 Å². The predicted octanol–water partition coefficient (Wildman–Crippen LogP) is 7.69. The molecule has 0 aliphatic carbocycles. The van der Waals surface area contributed by atoms with Gasteiger partial charge in [-0.25, -0.2) is 18.7 Å². The van der Waals surface area contributed by atoms with E-state index in [-0.39, 0.29) is 72.8 Å². The number of aromatic hydroxyl groups is 1. The summed E-state index contributed by atoms with van der Waals surface area (Å²) in [7, 11) is 0. The SMILES string of the molecule is Cc1ncsc1-c1ccc([C@H](C)NC(=O)[C@H]2C[C@@H](O)CN2C(=O)[C@@H](c2cc(N3CCC(CN4CC[C@@H](Oc5cc(N6C7CCC6CN(c6cc(-c8ccccc8O)nnc6N)C7)ccn5)C(F)(F)C4)CC3)no2)C(C)C)cc1. The van der Waals surface area contributed by atoms with Crippen LogP contribution >= 0.6 is 11.3 Å². The number of piperazine rings is 1. The Morgan fingerprint density at radius 1 is 0.923 bits per heavy atom. The number of aliphatic hydroxyl groups is 1. The van der Waals surface area contributed by atoms with Gasteiger partial charge in [0.15, 0.2) is 23.5 Å². The van der Waals surface area contributed by atoms with Gasteiger partial charge < -0.3 is 50.1 Å². The van der Waals surface area contributed by atoms with E-state index in [1.54, 1.807) is 47.9 Å². The molecule has 5 N–H and O–H groups in total. The highest BCUT2D eigenvalue weighted by atomic mass is 32.1. The van der Waals surface area contributed by atoms with Gasteiger partial charge in [0.05, 0.1) is 46.2 Å². The van der Waals surface area contributed by atoms with Crippen LogP contribution in [0.3, 0.4) is 0 Å². The molecule has 2 amide bonds. The Kier molecular flexibility index (Phi) is 15.0. The lowest BCUT2D eigenvalue weighted by molar-refractivity contribution is -0.142. The Bertz CT molecular complexity index is 3080. The smallest absolute Gasteiger partial charge is 0.296 e. The van der Waals surface area contributed by atoms with Crippen LogP contribution in [0.25, 0.3) is 21.7 Å². The van der Waals surface area contributed by atoms with Crippen LogP contribution in [0.15, 0.2) is 89.0 Å². The van der Waals surface area contributed by atoms with Gasteiger partial charge in [-0.05, 0) is 86.8 Å². The second kappa shape index (κ2) is 22.0. The number of hydrogen-bond acceptors (Lipinski definition) is 17. The molecule has 412 valence electrons. The lowest BCUT2D eigenvalue weighted by Crippen LogP contribution is -2.55. The summed E-state index contributed by atoms with van der Waals surface area (Å²) < 4.78 is 44.0. The van der Waals surface area contributed by atoms with Crippen molar-refractivity contribution in [3.05, 3.63) is 102 Å². The first-order valence-electron chi connectivity index (χ1n) is 27.3. The van der Waals surface area contributed by atoms with Crippen molar-refractivity contribution < 1.29 is 37.8 Å².